The average molecular weight is 341 g/mol. The van der Waals surface area contributed by atoms with Crippen molar-refractivity contribution in [3.8, 4) is 5.75 Å². The molecule has 0 spiro atoms. The van der Waals surface area contributed by atoms with Gasteiger partial charge in [0.15, 0.2) is 6.10 Å². The first-order chi connectivity index (χ1) is 10.5. The Kier molecular flexibility index (Phi) is 7.86. The van der Waals surface area contributed by atoms with Gasteiger partial charge in [-0.25, -0.2) is 0 Å². The minimum absolute atomic E-state index is 0. The van der Waals surface area contributed by atoms with E-state index in [1.54, 1.807) is 0 Å². The van der Waals surface area contributed by atoms with Gasteiger partial charge in [0.05, 0.1) is 0 Å². The molecule has 4 nitrogen and oxygen atoms in total. The fourth-order valence-corrected chi connectivity index (χ4v) is 2.86. The maximum atomic E-state index is 12.5. The van der Waals surface area contributed by atoms with Gasteiger partial charge in [-0.2, -0.15) is 0 Å². The van der Waals surface area contributed by atoms with Crippen LogP contribution in [-0.4, -0.2) is 43.1 Å². The Balaban J connectivity index is 0.00000264. The Morgan fingerprint density at radius 2 is 1.91 bits per heavy atom. The van der Waals surface area contributed by atoms with Crippen LogP contribution in [-0.2, 0) is 4.79 Å². The predicted molar refractivity (Wildman–Crippen MR) is 96.5 cm³/mol. The Morgan fingerprint density at radius 3 is 2.52 bits per heavy atom. The van der Waals surface area contributed by atoms with E-state index in [2.05, 4.69) is 25.2 Å². The molecule has 1 unspecified atom stereocenters. The normalized spacial score (nSPS) is 16.6. The number of carbonyl (C=O) groups excluding carboxylic acids is 1. The molecule has 1 aromatic rings. The van der Waals surface area contributed by atoms with Gasteiger partial charge in [0.2, 0.25) is 0 Å². The van der Waals surface area contributed by atoms with Crippen LogP contribution in [0.15, 0.2) is 24.3 Å². The lowest BCUT2D eigenvalue weighted by molar-refractivity contribution is -0.139. The zero-order chi connectivity index (χ0) is 16.1. The average Bonchev–Trinajstić information content (AvgIpc) is 2.54. The largest absolute Gasteiger partial charge is 0.481 e. The number of nitrogens with one attached hydrogen (secondary N) is 1. The van der Waals surface area contributed by atoms with Crippen LogP contribution < -0.4 is 10.1 Å². The fourth-order valence-electron chi connectivity index (χ4n) is 2.86. The molecule has 0 bridgehead atoms. The molecule has 0 aliphatic carbocycles. The van der Waals surface area contributed by atoms with Crippen molar-refractivity contribution in [2.75, 3.05) is 20.1 Å². The van der Waals surface area contributed by atoms with Crippen molar-refractivity contribution in [3.05, 3.63) is 29.8 Å². The van der Waals surface area contributed by atoms with E-state index in [0.717, 1.165) is 31.7 Å². The quantitative estimate of drug-likeness (QED) is 0.894. The van der Waals surface area contributed by atoms with Crippen LogP contribution in [0, 0.1) is 0 Å². The third-order valence-corrected chi connectivity index (χ3v) is 4.39. The van der Waals surface area contributed by atoms with Crippen molar-refractivity contribution in [1.82, 2.24) is 10.2 Å². The summed E-state index contributed by atoms with van der Waals surface area (Å²) in [5.41, 5.74) is 1.23. The molecule has 0 saturated carbocycles. The number of piperidine rings is 1. The van der Waals surface area contributed by atoms with E-state index in [1.165, 1.54) is 5.56 Å². The minimum Gasteiger partial charge on any atom is -0.481 e. The lowest BCUT2D eigenvalue weighted by Crippen LogP contribution is -2.48. The van der Waals surface area contributed by atoms with Crippen molar-refractivity contribution in [1.29, 1.82) is 0 Å². The third-order valence-electron chi connectivity index (χ3n) is 4.39. The number of benzene rings is 1. The molecule has 1 aliphatic rings. The summed E-state index contributed by atoms with van der Waals surface area (Å²) in [6.45, 7) is 8.10. The molecule has 1 aromatic carbocycles. The number of hydrogen-bond acceptors (Lipinski definition) is 3. The Bertz CT molecular complexity index is 502. The van der Waals surface area contributed by atoms with Crippen LogP contribution in [0.25, 0.3) is 0 Å². The van der Waals surface area contributed by atoms with Gasteiger partial charge in [-0.3, -0.25) is 4.79 Å². The second-order valence-electron chi connectivity index (χ2n) is 6.42. The van der Waals surface area contributed by atoms with E-state index in [1.807, 2.05) is 37.1 Å². The number of likely N-dealkylation sites (N-methyl/N-ethyl adjacent to an activating group) is 1. The second-order valence-corrected chi connectivity index (χ2v) is 6.42. The van der Waals surface area contributed by atoms with Crippen molar-refractivity contribution in [2.24, 2.45) is 0 Å². The van der Waals surface area contributed by atoms with Crippen LogP contribution in [0.3, 0.4) is 0 Å². The highest BCUT2D eigenvalue weighted by Gasteiger charge is 2.26. The second kappa shape index (κ2) is 9.14. The molecule has 130 valence electrons. The van der Waals surface area contributed by atoms with Crippen molar-refractivity contribution >= 4 is 18.3 Å². The summed E-state index contributed by atoms with van der Waals surface area (Å²) in [5, 5.41) is 3.33. The maximum absolute atomic E-state index is 12.5. The van der Waals surface area contributed by atoms with E-state index in [0.29, 0.717) is 12.0 Å². The lowest BCUT2D eigenvalue weighted by Gasteiger charge is -2.33. The molecule has 0 radical (unpaired) electrons. The molecule has 0 aromatic heterocycles. The summed E-state index contributed by atoms with van der Waals surface area (Å²) in [6, 6.07) is 8.34. The summed E-state index contributed by atoms with van der Waals surface area (Å²) < 4.78 is 5.87. The number of carbonyl (C=O) groups is 1. The summed E-state index contributed by atoms with van der Waals surface area (Å²) >= 11 is 0. The summed E-state index contributed by atoms with van der Waals surface area (Å²) in [6.07, 6.45) is 1.57. The van der Waals surface area contributed by atoms with E-state index >= 15 is 0 Å². The molecule has 1 fully saturated rings. The maximum Gasteiger partial charge on any atom is 0.263 e. The SMILES string of the molecule is CC(Oc1cccc(C(C)C)c1)C(=O)N(C)C1CCNCC1.Cl. The molecule has 1 N–H and O–H groups in total. The highest BCUT2D eigenvalue weighted by atomic mass is 35.5. The zero-order valence-corrected chi connectivity index (χ0v) is 15.4. The molecule has 2 rings (SSSR count). The van der Waals surface area contributed by atoms with Gasteiger partial charge >= 0.3 is 0 Å². The van der Waals surface area contributed by atoms with Crippen molar-refractivity contribution < 1.29 is 9.53 Å². The molecule has 1 amide bonds. The van der Waals surface area contributed by atoms with Gasteiger partial charge in [-0.15, -0.1) is 12.4 Å². The summed E-state index contributed by atoms with van der Waals surface area (Å²) in [7, 11) is 1.89. The van der Waals surface area contributed by atoms with E-state index in [4.69, 9.17) is 4.74 Å². The standard InChI is InChI=1S/C18H28N2O2.ClH/c1-13(2)15-6-5-7-17(12-15)22-14(3)18(21)20(4)16-8-10-19-11-9-16;/h5-7,12-14,16,19H,8-11H2,1-4H3;1H. The first-order valence-electron chi connectivity index (χ1n) is 8.23. The number of rotatable bonds is 5. The number of hydrogen-bond donors (Lipinski definition) is 1. The number of nitrogens with zero attached hydrogens (tertiary/aromatic N) is 1. The number of ether oxygens (including phenoxy) is 1. The van der Waals surface area contributed by atoms with Gasteiger partial charge in [0.1, 0.15) is 5.75 Å². The lowest BCUT2D eigenvalue weighted by atomic mass is 10.0. The monoisotopic (exact) mass is 340 g/mol. The molecular formula is C18H29ClN2O2. The van der Waals surface area contributed by atoms with E-state index < -0.39 is 6.10 Å². The molecule has 23 heavy (non-hydrogen) atoms. The Hall–Kier alpha value is -1.26. The third kappa shape index (κ3) is 5.40. The molecule has 1 heterocycles. The van der Waals surface area contributed by atoms with Crippen LogP contribution in [0.4, 0.5) is 0 Å². The smallest absolute Gasteiger partial charge is 0.263 e. The minimum atomic E-state index is -0.456. The van der Waals surface area contributed by atoms with Gasteiger partial charge < -0.3 is 15.0 Å². The summed E-state index contributed by atoms with van der Waals surface area (Å²) in [4.78, 5) is 14.4. The number of halogens is 1. The first kappa shape index (κ1) is 19.8. The topological polar surface area (TPSA) is 41.6 Å². The first-order valence-corrected chi connectivity index (χ1v) is 8.23. The molecular weight excluding hydrogens is 312 g/mol. The molecule has 1 atom stereocenters. The van der Waals surface area contributed by atoms with Crippen molar-refractivity contribution in [3.63, 3.8) is 0 Å². The van der Waals surface area contributed by atoms with Crippen LogP contribution in [0.2, 0.25) is 0 Å². The van der Waals surface area contributed by atoms with Crippen LogP contribution in [0.5, 0.6) is 5.75 Å². The van der Waals surface area contributed by atoms with Gasteiger partial charge in [-0.05, 0) is 56.5 Å². The Morgan fingerprint density at radius 1 is 1.26 bits per heavy atom. The zero-order valence-electron chi connectivity index (χ0n) is 14.5. The molecule has 1 aliphatic heterocycles. The van der Waals surface area contributed by atoms with Crippen LogP contribution >= 0.6 is 12.4 Å². The van der Waals surface area contributed by atoms with E-state index in [-0.39, 0.29) is 18.3 Å². The van der Waals surface area contributed by atoms with Crippen LogP contribution in [0.1, 0.15) is 45.1 Å². The predicted octanol–water partition coefficient (Wildman–Crippen LogP) is 3.21. The van der Waals surface area contributed by atoms with Gasteiger partial charge in [0, 0.05) is 13.1 Å². The highest BCUT2D eigenvalue weighted by Crippen LogP contribution is 2.21. The van der Waals surface area contributed by atoms with Crippen molar-refractivity contribution in [2.45, 2.75) is 51.7 Å². The number of amides is 1. The molecule has 5 heteroatoms. The summed E-state index contributed by atoms with van der Waals surface area (Å²) in [5.74, 6) is 1.28. The highest BCUT2D eigenvalue weighted by molar-refractivity contribution is 5.85. The molecule has 1 saturated heterocycles. The fraction of sp³-hybridized carbons (Fsp3) is 0.611. The van der Waals surface area contributed by atoms with E-state index in [9.17, 15) is 4.79 Å². The van der Waals surface area contributed by atoms with Gasteiger partial charge in [-0.1, -0.05) is 26.0 Å². The van der Waals surface area contributed by atoms with Gasteiger partial charge in [0.25, 0.3) is 5.91 Å². The Labute approximate surface area is 146 Å².